The summed E-state index contributed by atoms with van der Waals surface area (Å²) in [5, 5.41) is 23.6. The lowest BCUT2D eigenvalue weighted by atomic mass is 10.1. The van der Waals surface area contributed by atoms with Crippen LogP contribution in [0.3, 0.4) is 0 Å². The van der Waals surface area contributed by atoms with Gasteiger partial charge >= 0.3 is 0 Å². The molecule has 2 aromatic rings. The van der Waals surface area contributed by atoms with Crippen LogP contribution in [-0.2, 0) is 4.79 Å². The standard InChI is InChI=1S/C17H18N2O5/c1-12-10-13(8-9-15(12)19(22)23)18-16(20)17(2,21)11-24-14-6-4-3-5-7-14/h3-10,21H,11H2,1-2H3,(H,18,20). The van der Waals surface area contributed by atoms with Crippen molar-refractivity contribution in [1.29, 1.82) is 0 Å². The number of nitrogens with zero attached hydrogens (tertiary/aromatic N) is 1. The molecule has 0 saturated heterocycles. The van der Waals surface area contributed by atoms with E-state index < -0.39 is 16.4 Å². The Morgan fingerprint density at radius 2 is 1.96 bits per heavy atom. The molecular formula is C17H18N2O5. The fraction of sp³-hybridized carbons (Fsp3) is 0.235. The quantitative estimate of drug-likeness (QED) is 0.626. The zero-order valence-corrected chi connectivity index (χ0v) is 13.4. The molecule has 2 aromatic carbocycles. The van der Waals surface area contributed by atoms with E-state index in [4.69, 9.17) is 4.74 Å². The van der Waals surface area contributed by atoms with E-state index in [1.165, 1.54) is 25.1 Å². The smallest absolute Gasteiger partial charge is 0.272 e. The second-order valence-electron chi connectivity index (χ2n) is 5.59. The fourth-order valence-electron chi connectivity index (χ4n) is 2.01. The average molecular weight is 330 g/mol. The van der Waals surface area contributed by atoms with Crippen molar-refractivity contribution in [3.63, 3.8) is 0 Å². The lowest BCUT2D eigenvalue weighted by molar-refractivity contribution is -0.385. The van der Waals surface area contributed by atoms with Gasteiger partial charge in [0.25, 0.3) is 11.6 Å². The van der Waals surface area contributed by atoms with Gasteiger partial charge in [0.2, 0.25) is 0 Å². The largest absolute Gasteiger partial charge is 0.490 e. The molecule has 0 bridgehead atoms. The summed E-state index contributed by atoms with van der Waals surface area (Å²) in [5.41, 5.74) is -1.01. The molecular weight excluding hydrogens is 312 g/mol. The van der Waals surface area contributed by atoms with E-state index in [-0.39, 0.29) is 12.3 Å². The topological polar surface area (TPSA) is 102 Å². The van der Waals surface area contributed by atoms with Crippen molar-refractivity contribution in [2.75, 3.05) is 11.9 Å². The molecule has 0 aliphatic rings. The number of hydrogen-bond donors (Lipinski definition) is 2. The number of amides is 1. The molecule has 0 aliphatic heterocycles. The van der Waals surface area contributed by atoms with E-state index in [9.17, 15) is 20.0 Å². The van der Waals surface area contributed by atoms with Crippen LogP contribution in [-0.4, -0.2) is 28.1 Å². The van der Waals surface area contributed by atoms with Gasteiger partial charge in [0.15, 0.2) is 5.60 Å². The Morgan fingerprint density at radius 1 is 1.29 bits per heavy atom. The number of ether oxygens (including phenoxy) is 1. The number of para-hydroxylation sites is 1. The van der Waals surface area contributed by atoms with Crippen LogP contribution >= 0.6 is 0 Å². The van der Waals surface area contributed by atoms with E-state index >= 15 is 0 Å². The predicted molar refractivity (Wildman–Crippen MR) is 89.0 cm³/mol. The van der Waals surface area contributed by atoms with E-state index in [2.05, 4.69) is 5.32 Å². The maximum Gasteiger partial charge on any atom is 0.272 e. The van der Waals surface area contributed by atoms with Crippen LogP contribution in [0.25, 0.3) is 0 Å². The summed E-state index contributed by atoms with van der Waals surface area (Å²) < 4.78 is 5.40. The van der Waals surface area contributed by atoms with E-state index in [1.54, 1.807) is 31.2 Å². The van der Waals surface area contributed by atoms with E-state index in [0.29, 0.717) is 17.0 Å². The Bertz CT molecular complexity index is 744. The number of nitro benzene ring substituents is 1. The van der Waals surface area contributed by atoms with E-state index in [0.717, 1.165) is 0 Å². The minimum Gasteiger partial charge on any atom is -0.490 e. The number of carbonyl (C=O) groups excluding carboxylic acids is 1. The van der Waals surface area contributed by atoms with Gasteiger partial charge in [-0.05, 0) is 38.1 Å². The van der Waals surface area contributed by atoms with Gasteiger partial charge in [-0.25, -0.2) is 0 Å². The highest BCUT2D eigenvalue weighted by atomic mass is 16.6. The summed E-state index contributed by atoms with van der Waals surface area (Å²) >= 11 is 0. The SMILES string of the molecule is Cc1cc(NC(=O)C(C)(O)COc2ccccc2)ccc1[N+](=O)[O-]. The number of rotatable bonds is 6. The summed E-state index contributed by atoms with van der Waals surface area (Å²) in [6.45, 7) is 2.68. The Hall–Kier alpha value is -2.93. The Labute approximate surface area is 139 Å². The summed E-state index contributed by atoms with van der Waals surface area (Å²) in [6, 6.07) is 13.0. The zero-order chi connectivity index (χ0) is 17.7. The van der Waals surface area contributed by atoms with Crippen LogP contribution in [0.1, 0.15) is 12.5 Å². The molecule has 0 radical (unpaired) electrons. The highest BCUT2D eigenvalue weighted by Gasteiger charge is 2.31. The Kier molecular flexibility index (Phi) is 5.15. The molecule has 0 fully saturated rings. The first-order valence-electron chi connectivity index (χ1n) is 7.26. The minimum atomic E-state index is -1.76. The Morgan fingerprint density at radius 3 is 2.54 bits per heavy atom. The zero-order valence-electron chi connectivity index (χ0n) is 13.4. The number of carbonyl (C=O) groups is 1. The first kappa shape index (κ1) is 17.4. The summed E-state index contributed by atoms with van der Waals surface area (Å²) in [7, 11) is 0. The van der Waals surface area contributed by atoms with Crippen LogP contribution in [0.4, 0.5) is 11.4 Å². The predicted octanol–water partition coefficient (Wildman–Crippen LogP) is 2.67. The normalized spacial score (nSPS) is 13.0. The minimum absolute atomic E-state index is 0.0350. The molecule has 0 saturated carbocycles. The molecule has 0 aromatic heterocycles. The van der Waals surface area contributed by atoms with Crippen molar-refractivity contribution in [3.8, 4) is 5.75 Å². The number of aryl methyl sites for hydroxylation is 1. The van der Waals surface area contributed by atoms with Crippen LogP contribution in [0.15, 0.2) is 48.5 Å². The maximum absolute atomic E-state index is 12.2. The van der Waals surface area contributed by atoms with Gasteiger partial charge in [0.05, 0.1) is 4.92 Å². The monoisotopic (exact) mass is 330 g/mol. The van der Waals surface area contributed by atoms with E-state index in [1.807, 2.05) is 6.07 Å². The van der Waals surface area contributed by atoms with Gasteiger partial charge < -0.3 is 15.2 Å². The van der Waals surface area contributed by atoms with Gasteiger partial charge in [-0.3, -0.25) is 14.9 Å². The molecule has 2 N–H and O–H groups in total. The third kappa shape index (κ3) is 4.30. The first-order valence-corrected chi connectivity index (χ1v) is 7.26. The first-order chi connectivity index (χ1) is 11.3. The van der Waals surface area contributed by atoms with Gasteiger partial charge in [-0.15, -0.1) is 0 Å². The molecule has 0 aliphatic carbocycles. The van der Waals surface area contributed by atoms with Crippen molar-refractivity contribution in [2.24, 2.45) is 0 Å². The van der Waals surface area contributed by atoms with Crippen LogP contribution < -0.4 is 10.1 Å². The highest BCUT2D eigenvalue weighted by Crippen LogP contribution is 2.22. The van der Waals surface area contributed by atoms with Gasteiger partial charge in [-0.2, -0.15) is 0 Å². The van der Waals surface area contributed by atoms with Gasteiger partial charge in [0.1, 0.15) is 12.4 Å². The van der Waals surface area contributed by atoms with Crippen molar-refractivity contribution in [2.45, 2.75) is 19.4 Å². The molecule has 1 unspecified atom stereocenters. The van der Waals surface area contributed by atoms with Gasteiger partial charge in [0, 0.05) is 17.3 Å². The van der Waals surface area contributed by atoms with Crippen molar-refractivity contribution in [1.82, 2.24) is 0 Å². The molecule has 0 heterocycles. The van der Waals surface area contributed by atoms with Crippen molar-refractivity contribution in [3.05, 3.63) is 64.2 Å². The molecule has 0 spiro atoms. The Balaban J connectivity index is 2.02. The number of nitrogens with one attached hydrogen (secondary N) is 1. The van der Waals surface area contributed by atoms with Crippen LogP contribution in [0, 0.1) is 17.0 Å². The molecule has 126 valence electrons. The number of aliphatic hydroxyl groups is 1. The van der Waals surface area contributed by atoms with Crippen molar-refractivity contribution >= 4 is 17.3 Å². The van der Waals surface area contributed by atoms with Crippen molar-refractivity contribution < 1.29 is 19.6 Å². The summed E-state index contributed by atoms with van der Waals surface area (Å²) in [4.78, 5) is 22.5. The van der Waals surface area contributed by atoms with Crippen LogP contribution in [0.2, 0.25) is 0 Å². The number of benzene rings is 2. The van der Waals surface area contributed by atoms with Crippen LogP contribution in [0.5, 0.6) is 5.75 Å². The lowest BCUT2D eigenvalue weighted by Gasteiger charge is -2.22. The molecule has 7 nitrogen and oxygen atoms in total. The molecule has 1 amide bonds. The molecule has 1 atom stereocenters. The third-order valence-electron chi connectivity index (χ3n) is 3.40. The maximum atomic E-state index is 12.2. The molecule has 7 heteroatoms. The second kappa shape index (κ2) is 7.10. The lowest BCUT2D eigenvalue weighted by Crippen LogP contribution is -2.45. The molecule has 24 heavy (non-hydrogen) atoms. The fourth-order valence-corrected chi connectivity index (χ4v) is 2.01. The highest BCUT2D eigenvalue weighted by molar-refractivity contribution is 5.97. The molecule has 2 rings (SSSR count). The number of nitro groups is 1. The summed E-state index contributed by atoms with van der Waals surface area (Å²) in [6.07, 6.45) is 0. The average Bonchev–Trinajstić information content (AvgIpc) is 2.53. The van der Waals surface area contributed by atoms with Gasteiger partial charge in [-0.1, -0.05) is 18.2 Å². The summed E-state index contributed by atoms with van der Waals surface area (Å²) in [5.74, 6) is -0.122. The number of hydrogen-bond acceptors (Lipinski definition) is 5. The number of anilines is 1. The second-order valence-corrected chi connectivity index (χ2v) is 5.59. The third-order valence-corrected chi connectivity index (χ3v) is 3.40.